The lowest BCUT2D eigenvalue weighted by molar-refractivity contribution is -0.153. The number of alkyl halides is 3. The van der Waals surface area contributed by atoms with Gasteiger partial charge in [-0.05, 0) is 23.7 Å². The van der Waals surface area contributed by atoms with E-state index >= 15 is 0 Å². The van der Waals surface area contributed by atoms with Crippen LogP contribution in [0, 0.1) is 0 Å². The zero-order valence-electron chi connectivity index (χ0n) is 8.33. The highest BCUT2D eigenvalue weighted by atomic mass is 35.5. The van der Waals surface area contributed by atoms with Gasteiger partial charge in [-0.3, -0.25) is 0 Å². The Balaban J connectivity index is 2.39. The van der Waals surface area contributed by atoms with Crippen LogP contribution < -0.4 is 4.74 Å². The Morgan fingerprint density at radius 2 is 1.88 bits per heavy atom. The van der Waals surface area contributed by atoms with E-state index in [0.29, 0.717) is 10.9 Å². The molecule has 0 atom stereocenters. The molecular weight excluding hydrogens is 257 g/mol. The zero-order chi connectivity index (χ0) is 12.5. The second kappa shape index (κ2) is 4.37. The summed E-state index contributed by atoms with van der Waals surface area (Å²) in [7, 11) is 0. The highest BCUT2D eigenvalue weighted by Crippen LogP contribution is 2.25. The SMILES string of the molecule is FC(F)(F)COc1nc(Cl)nc2ccccc12. The van der Waals surface area contributed by atoms with Crippen molar-refractivity contribution in [2.45, 2.75) is 6.18 Å². The Labute approximate surface area is 99.2 Å². The van der Waals surface area contributed by atoms with E-state index in [0.717, 1.165) is 0 Å². The standard InChI is InChI=1S/C10H6ClF3N2O/c11-9-15-7-4-2-1-3-6(7)8(16-9)17-5-10(12,13)14/h1-4H,5H2. The molecular formula is C10H6ClF3N2O. The summed E-state index contributed by atoms with van der Waals surface area (Å²) in [6, 6.07) is 6.53. The number of para-hydroxylation sites is 1. The molecule has 0 saturated carbocycles. The summed E-state index contributed by atoms with van der Waals surface area (Å²) in [4.78, 5) is 7.51. The minimum Gasteiger partial charge on any atom is -0.467 e. The summed E-state index contributed by atoms with van der Waals surface area (Å²) in [6.07, 6.45) is -4.42. The monoisotopic (exact) mass is 262 g/mol. The Morgan fingerprint density at radius 3 is 2.59 bits per heavy atom. The Bertz CT molecular complexity index is 545. The van der Waals surface area contributed by atoms with Crippen LogP contribution >= 0.6 is 11.6 Å². The van der Waals surface area contributed by atoms with Crippen LogP contribution in [0.25, 0.3) is 10.9 Å². The molecule has 0 unspecified atom stereocenters. The summed E-state index contributed by atoms with van der Waals surface area (Å²) in [5.41, 5.74) is 0.435. The molecule has 0 aliphatic heterocycles. The predicted octanol–water partition coefficient (Wildman–Crippen LogP) is 3.22. The van der Waals surface area contributed by atoms with Crippen molar-refractivity contribution in [3.05, 3.63) is 29.5 Å². The topological polar surface area (TPSA) is 35.0 Å². The van der Waals surface area contributed by atoms with E-state index in [-0.39, 0.29) is 11.2 Å². The molecule has 2 rings (SSSR count). The molecule has 0 radical (unpaired) electrons. The molecule has 0 fully saturated rings. The van der Waals surface area contributed by atoms with Crippen molar-refractivity contribution in [3.8, 4) is 5.88 Å². The van der Waals surface area contributed by atoms with Crippen LogP contribution in [-0.2, 0) is 0 Å². The van der Waals surface area contributed by atoms with Gasteiger partial charge in [-0.15, -0.1) is 0 Å². The van der Waals surface area contributed by atoms with Gasteiger partial charge in [0.1, 0.15) is 0 Å². The van der Waals surface area contributed by atoms with Gasteiger partial charge >= 0.3 is 6.18 Å². The Hall–Kier alpha value is -1.56. The maximum absolute atomic E-state index is 12.0. The summed E-state index contributed by atoms with van der Waals surface area (Å²) < 4.78 is 40.7. The highest BCUT2D eigenvalue weighted by molar-refractivity contribution is 6.28. The number of hydrogen-bond acceptors (Lipinski definition) is 3. The predicted molar refractivity (Wildman–Crippen MR) is 56.1 cm³/mol. The van der Waals surface area contributed by atoms with E-state index in [1.165, 1.54) is 0 Å². The van der Waals surface area contributed by atoms with Gasteiger partial charge in [0.15, 0.2) is 6.61 Å². The fourth-order valence-electron chi connectivity index (χ4n) is 1.28. The highest BCUT2D eigenvalue weighted by Gasteiger charge is 2.29. The number of nitrogens with zero attached hydrogens (tertiary/aromatic N) is 2. The lowest BCUT2D eigenvalue weighted by atomic mass is 10.2. The van der Waals surface area contributed by atoms with Crippen molar-refractivity contribution in [2.24, 2.45) is 0 Å². The molecule has 0 aliphatic rings. The first-order chi connectivity index (χ1) is 7.96. The number of ether oxygens (including phenoxy) is 1. The van der Waals surface area contributed by atoms with Gasteiger partial charge in [-0.2, -0.15) is 18.2 Å². The molecule has 0 aliphatic carbocycles. The summed E-state index contributed by atoms with van der Waals surface area (Å²) in [6.45, 7) is -1.41. The molecule has 1 aromatic carbocycles. The summed E-state index contributed by atoms with van der Waals surface area (Å²) >= 11 is 5.59. The van der Waals surface area contributed by atoms with Crippen molar-refractivity contribution < 1.29 is 17.9 Å². The van der Waals surface area contributed by atoms with Crippen LogP contribution in [0.2, 0.25) is 5.28 Å². The maximum Gasteiger partial charge on any atom is 0.422 e. The third-order valence-electron chi connectivity index (χ3n) is 1.91. The molecule has 3 nitrogen and oxygen atoms in total. The average molecular weight is 263 g/mol. The second-order valence-corrected chi connectivity index (χ2v) is 3.56. The molecule has 0 amide bonds. The molecule has 1 heterocycles. The molecule has 0 spiro atoms. The number of benzene rings is 1. The van der Waals surface area contributed by atoms with E-state index in [4.69, 9.17) is 11.6 Å². The van der Waals surface area contributed by atoms with E-state index in [2.05, 4.69) is 14.7 Å². The lowest BCUT2D eigenvalue weighted by Crippen LogP contribution is -2.19. The zero-order valence-corrected chi connectivity index (χ0v) is 9.09. The lowest BCUT2D eigenvalue weighted by Gasteiger charge is -2.10. The summed E-state index contributed by atoms with van der Waals surface area (Å²) in [5.74, 6) is -0.169. The van der Waals surface area contributed by atoms with Gasteiger partial charge in [0.05, 0.1) is 10.9 Å². The van der Waals surface area contributed by atoms with Crippen LogP contribution in [0.4, 0.5) is 13.2 Å². The van der Waals surface area contributed by atoms with Gasteiger partial charge in [0, 0.05) is 0 Å². The largest absolute Gasteiger partial charge is 0.467 e. The van der Waals surface area contributed by atoms with Crippen molar-refractivity contribution in [3.63, 3.8) is 0 Å². The molecule has 0 bridgehead atoms. The van der Waals surface area contributed by atoms with Gasteiger partial charge in [-0.25, -0.2) is 4.98 Å². The van der Waals surface area contributed by atoms with Gasteiger partial charge in [-0.1, -0.05) is 12.1 Å². The first kappa shape index (κ1) is 11.9. The van der Waals surface area contributed by atoms with Gasteiger partial charge < -0.3 is 4.74 Å². The van der Waals surface area contributed by atoms with E-state index < -0.39 is 12.8 Å². The van der Waals surface area contributed by atoms with Crippen molar-refractivity contribution in [1.29, 1.82) is 0 Å². The third-order valence-corrected chi connectivity index (χ3v) is 2.08. The van der Waals surface area contributed by atoms with Crippen LogP contribution in [0.1, 0.15) is 0 Å². The molecule has 0 saturated heterocycles. The van der Waals surface area contributed by atoms with Gasteiger partial charge in [0.25, 0.3) is 0 Å². The number of hydrogen-bond donors (Lipinski definition) is 0. The van der Waals surface area contributed by atoms with E-state index in [1.54, 1.807) is 24.3 Å². The molecule has 7 heteroatoms. The summed E-state index contributed by atoms with van der Waals surface area (Å²) in [5, 5.41) is 0.238. The van der Waals surface area contributed by atoms with Crippen molar-refractivity contribution >= 4 is 22.5 Å². The first-order valence-electron chi connectivity index (χ1n) is 4.57. The second-order valence-electron chi connectivity index (χ2n) is 3.22. The molecule has 2 aromatic rings. The van der Waals surface area contributed by atoms with E-state index in [9.17, 15) is 13.2 Å². The fourth-order valence-corrected chi connectivity index (χ4v) is 1.45. The first-order valence-corrected chi connectivity index (χ1v) is 4.95. The molecule has 1 aromatic heterocycles. The van der Waals surface area contributed by atoms with Crippen molar-refractivity contribution in [2.75, 3.05) is 6.61 Å². The van der Waals surface area contributed by atoms with Crippen LogP contribution in [0.15, 0.2) is 24.3 Å². The molecule has 90 valence electrons. The average Bonchev–Trinajstić information content (AvgIpc) is 2.24. The normalized spacial score (nSPS) is 11.8. The smallest absolute Gasteiger partial charge is 0.422 e. The van der Waals surface area contributed by atoms with Crippen LogP contribution in [-0.4, -0.2) is 22.8 Å². The quantitative estimate of drug-likeness (QED) is 0.780. The minimum atomic E-state index is -4.42. The maximum atomic E-state index is 12.0. The Kier molecular flexibility index (Phi) is 3.06. The van der Waals surface area contributed by atoms with Crippen LogP contribution in [0.3, 0.4) is 0 Å². The third kappa shape index (κ3) is 2.97. The number of halogens is 4. The number of rotatable bonds is 2. The molecule has 0 N–H and O–H groups in total. The van der Waals surface area contributed by atoms with Crippen LogP contribution in [0.5, 0.6) is 5.88 Å². The number of aromatic nitrogens is 2. The fraction of sp³-hybridized carbons (Fsp3) is 0.200. The van der Waals surface area contributed by atoms with E-state index in [1.807, 2.05) is 0 Å². The van der Waals surface area contributed by atoms with Crippen molar-refractivity contribution in [1.82, 2.24) is 9.97 Å². The Morgan fingerprint density at radius 1 is 1.18 bits per heavy atom. The van der Waals surface area contributed by atoms with Gasteiger partial charge in [0.2, 0.25) is 11.2 Å². The number of fused-ring (bicyclic) bond motifs is 1. The molecule has 17 heavy (non-hydrogen) atoms. The minimum absolute atomic E-state index is 0.152.